The zero-order chi connectivity index (χ0) is 25.0. The molecule has 0 spiro atoms. The Hall–Kier alpha value is -2.43. The molecule has 2 aliphatic heterocycles. The first-order chi connectivity index (χ1) is 16.1. The molecule has 1 aromatic rings. The second kappa shape index (κ2) is 11.3. The molecule has 3 heterocycles. The molecule has 186 valence electrons. The number of carbonyl (C=O) groups is 4. The van der Waals surface area contributed by atoms with E-state index in [0.717, 1.165) is 0 Å². The molecule has 2 aliphatic rings. The molecule has 4 atom stereocenters. The Balaban J connectivity index is 1.71. The number of rotatable bonds is 8. The summed E-state index contributed by atoms with van der Waals surface area (Å²) >= 11 is 12.1. The van der Waals surface area contributed by atoms with Crippen LogP contribution in [-0.2, 0) is 23.9 Å². The summed E-state index contributed by atoms with van der Waals surface area (Å²) in [6.45, 7) is 6.03. The van der Waals surface area contributed by atoms with Crippen molar-refractivity contribution in [2.45, 2.75) is 64.4 Å². The fourth-order valence-electron chi connectivity index (χ4n) is 4.04. The summed E-state index contributed by atoms with van der Waals surface area (Å²) in [7, 11) is 0. The van der Waals surface area contributed by atoms with E-state index in [1.807, 2.05) is 0 Å². The number of nitrogens with zero attached hydrogens (tertiary/aromatic N) is 2. The van der Waals surface area contributed by atoms with Crippen molar-refractivity contribution < 1.29 is 28.7 Å². The highest BCUT2D eigenvalue weighted by Gasteiger charge is 2.42. The second-order valence-electron chi connectivity index (χ2n) is 8.50. The van der Waals surface area contributed by atoms with Crippen LogP contribution >= 0.6 is 23.2 Å². The first-order valence-electron chi connectivity index (χ1n) is 11.2. The normalized spacial score (nSPS) is 23.1. The molecule has 2 fully saturated rings. The number of nitrogens with one attached hydrogen (secondary N) is 2. The number of esters is 1. The Bertz CT molecular complexity index is 959. The minimum atomic E-state index is -0.900. The summed E-state index contributed by atoms with van der Waals surface area (Å²) < 4.78 is 10.5. The zero-order valence-electron chi connectivity index (χ0n) is 19.2. The third-order valence-corrected chi connectivity index (χ3v) is 6.55. The molecule has 0 aliphatic carbocycles. The van der Waals surface area contributed by atoms with Gasteiger partial charge in [-0.15, -0.1) is 0 Å². The van der Waals surface area contributed by atoms with E-state index in [1.165, 1.54) is 17.3 Å². The van der Waals surface area contributed by atoms with Gasteiger partial charge >= 0.3 is 5.97 Å². The summed E-state index contributed by atoms with van der Waals surface area (Å²) in [6, 6.07) is -2.26. The van der Waals surface area contributed by atoms with Crippen molar-refractivity contribution in [2.75, 3.05) is 13.2 Å². The van der Waals surface area contributed by atoms with Gasteiger partial charge in [0.15, 0.2) is 0 Å². The first kappa shape index (κ1) is 26.2. The number of likely N-dealkylation sites (tertiary alicyclic amines) is 1. The lowest BCUT2D eigenvalue weighted by Gasteiger charge is -2.31. The monoisotopic (exact) mass is 514 g/mol. The number of hydrogen-bond donors (Lipinski definition) is 2. The Morgan fingerprint density at radius 1 is 1.29 bits per heavy atom. The van der Waals surface area contributed by atoms with Crippen molar-refractivity contribution in [3.63, 3.8) is 0 Å². The SMILES string of the molecule is CCO[C@@H]1OC(=O)C[C@@H]1NC(=O)[C@@H]1CCCN1C(=O)[C@@H](NC(=O)c1cncc(Cl)c1Cl)C(C)C. The number of aromatic nitrogens is 1. The van der Waals surface area contributed by atoms with Gasteiger partial charge in [0.25, 0.3) is 5.91 Å². The lowest BCUT2D eigenvalue weighted by atomic mass is 10.0. The van der Waals surface area contributed by atoms with Crippen LogP contribution in [0.25, 0.3) is 0 Å². The maximum Gasteiger partial charge on any atom is 0.310 e. The van der Waals surface area contributed by atoms with Gasteiger partial charge in [0.2, 0.25) is 18.1 Å². The number of carbonyl (C=O) groups excluding carboxylic acids is 4. The lowest BCUT2D eigenvalue weighted by molar-refractivity contribution is -0.164. The van der Waals surface area contributed by atoms with Gasteiger partial charge in [-0.25, -0.2) is 0 Å². The molecule has 0 aromatic carbocycles. The van der Waals surface area contributed by atoms with Gasteiger partial charge in [0, 0.05) is 25.5 Å². The average Bonchev–Trinajstić information content (AvgIpc) is 3.40. The summed E-state index contributed by atoms with van der Waals surface area (Å²) in [5, 5.41) is 5.66. The van der Waals surface area contributed by atoms with Crippen LogP contribution in [0.5, 0.6) is 0 Å². The van der Waals surface area contributed by atoms with Crippen molar-refractivity contribution in [2.24, 2.45) is 5.92 Å². The number of ether oxygens (including phenoxy) is 2. The molecule has 2 N–H and O–H groups in total. The molecule has 0 saturated carbocycles. The Morgan fingerprint density at radius 3 is 2.71 bits per heavy atom. The average molecular weight is 515 g/mol. The Kier molecular flexibility index (Phi) is 8.72. The molecule has 12 heteroatoms. The third-order valence-electron chi connectivity index (χ3n) is 5.76. The number of cyclic esters (lactones) is 1. The molecule has 34 heavy (non-hydrogen) atoms. The summed E-state index contributed by atoms with van der Waals surface area (Å²) in [4.78, 5) is 56.3. The zero-order valence-corrected chi connectivity index (χ0v) is 20.7. The van der Waals surface area contributed by atoms with Crippen LogP contribution in [0.2, 0.25) is 10.0 Å². The standard InChI is InChI=1S/C22H28Cl2N4O6/c1-4-33-22-14(8-16(29)34-22)26-20(31)15-6-5-7-28(15)21(32)18(11(2)3)27-19(30)12-9-25-10-13(23)17(12)24/h9-11,14-15,18,22H,4-8H2,1-3H3,(H,26,31)(H,27,30)/t14-,15-,18-,22+/m0/s1. The molecule has 0 unspecified atom stereocenters. The predicted molar refractivity (Wildman–Crippen MR) is 123 cm³/mol. The second-order valence-corrected chi connectivity index (χ2v) is 9.29. The molecule has 2 saturated heterocycles. The van der Waals surface area contributed by atoms with Crippen LogP contribution in [0, 0.1) is 5.92 Å². The van der Waals surface area contributed by atoms with Crippen molar-refractivity contribution in [3.8, 4) is 0 Å². The van der Waals surface area contributed by atoms with Crippen LogP contribution in [0.1, 0.15) is 50.4 Å². The van der Waals surface area contributed by atoms with E-state index in [0.29, 0.717) is 26.0 Å². The third kappa shape index (κ3) is 5.79. The summed E-state index contributed by atoms with van der Waals surface area (Å²) in [5.41, 5.74) is 0.0520. The fourth-order valence-corrected chi connectivity index (χ4v) is 4.38. The summed E-state index contributed by atoms with van der Waals surface area (Å²) in [5.74, 6) is -2.09. The Labute approximate surface area is 207 Å². The van der Waals surface area contributed by atoms with E-state index >= 15 is 0 Å². The highest BCUT2D eigenvalue weighted by atomic mass is 35.5. The van der Waals surface area contributed by atoms with Crippen molar-refractivity contribution >= 4 is 46.9 Å². The van der Waals surface area contributed by atoms with Gasteiger partial charge in [-0.3, -0.25) is 24.2 Å². The van der Waals surface area contributed by atoms with E-state index in [-0.39, 0.29) is 33.9 Å². The largest absolute Gasteiger partial charge is 0.433 e. The number of hydrogen-bond acceptors (Lipinski definition) is 7. The number of pyridine rings is 1. The van der Waals surface area contributed by atoms with Crippen molar-refractivity contribution in [1.82, 2.24) is 20.5 Å². The Morgan fingerprint density at radius 2 is 2.03 bits per heavy atom. The minimum absolute atomic E-state index is 0.00379. The molecular formula is C22H28Cl2N4O6. The van der Waals surface area contributed by atoms with Crippen molar-refractivity contribution in [3.05, 3.63) is 28.0 Å². The van der Waals surface area contributed by atoms with Crippen LogP contribution in [0.3, 0.4) is 0 Å². The highest BCUT2D eigenvalue weighted by molar-refractivity contribution is 6.43. The minimum Gasteiger partial charge on any atom is -0.433 e. The van der Waals surface area contributed by atoms with E-state index in [2.05, 4.69) is 15.6 Å². The summed E-state index contributed by atoms with van der Waals surface area (Å²) in [6.07, 6.45) is 2.82. The maximum absolute atomic E-state index is 13.4. The lowest BCUT2D eigenvalue weighted by Crippen LogP contribution is -2.56. The molecule has 0 bridgehead atoms. The number of halogens is 2. The van der Waals surface area contributed by atoms with Gasteiger partial charge in [0.1, 0.15) is 18.1 Å². The van der Waals surface area contributed by atoms with E-state index in [1.54, 1.807) is 20.8 Å². The smallest absolute Gasteiger partial charge is 0.310 e. The fraction of sp³-hybridized carbons (Fsp3) is 0.591. The first-order valence-corrected chi connectivity index (χ1v) is 11.9. The quantitative estimate of drug-likeness (QED) is 0.507. The van der Waals surface area contributed by atoms with Crippen LogP contribution in [0.4, 0.5) is 0 Å². The van der Waals surface area contributed by atoms with E-state index in [4.69, 9.17) is 32.7 Å². The van der Waals surface area contributed by atoms with E-state index in [9.17, 15) is 19.2 Å². The predicted octanol–water partition coefficient (Wildman–Crippen LogP) is 1.93. The van der Waals surface area contributed by atoms with E-state index < -0.39 is 42.2 Å². The van der Waals surface area contributed by atoms with Gasteiger partial charge in [0.05, 0.1) is 22.0 Å². The van der Waals surface area contributed by atoms with Crippen LogP contribution in [-0.4, -0.2) is 71.1 Å². The van der Waals surface area contributed by atoms with Gasteiger partial charge in [-0.2, -0.15) is 0 Å². The van der Waals surface area contributed by atoms with Gasteiger partial charge in [-0.1, -0.05) is 37.0 Å². The molecule has 0 radical (unpaired) electrons. The highest BCUT2D eigenvalue weighted by Crippen LogP contribution is 2.26. The topological polar surface area (TPSA) is 127 Å². The van der Waals surface area contributed by atoms with Crippen LogP contribution in [0.15, 0.2) is 12.4 Å². The molecule has 3 rings (SSSR count). The van der Waals surface area contributed by atoms with Crippen molar-refractivity contribution in [1.29, 1.82) is 0 Å². The number of amides is 3. The maximum atomic E-state index is 13.4. The molecule has 3 amide bonds. The van der Waals surface area contributed by atoms with Crippen LogP contribution < -0.4 is 10.6 Å². The molecule has 1 aromatic heterocycles. The molecule has 10 nitrogen and oxygen atoms in total. The van der Waals surface area contributed by atoms with Gasteiger partial charge in [-0.05, 0) is 25.7 Å². The van der Waals surface area contributed by atoms with Gasteiger partial charge < -0.3 is 25.0 Å². The molecular weight excluding hydrogens is 487 g/mol.